The van der Waals surface area contributed by atoms with E-state index in [4.69, 9.17) is 14.7 Å². The maximum absolute atomic E-state index is 14.4. The van der Waals surface area contributed by atoms with Gasteiger partial charge in [-0.25, -0.2) is 28.1 Å². The van der Waals surface area contributed by atoms with Crippen LogP contribution in [0.4, 0.5) is 11.6 Å². The molecule has 0 radical (unpaired) electrons. The van der Waals surface area contributed by atoms with E-state index in [0.29, 0.717) is 22.9 Å². The summed E-state index contributed by atoms with van der Waals surface area (Å²) in [6.45, 7) is 10.8. The van der Waals surface area contributed by atoms with Crippen molar-refractivity contribution in [1.82, 2.24) is 24.8 Å². The minimum Gasteiger partial charge on any atom is -0.475 e. The van der Waals surface area contributed by atoms with Gasteiger partial charge < -0.3 is 14.5 Å². The van der Waals surface area contributed by atoms with Gasteiger partial charge in [0.05, 0.1) is 41.3 Å². The Kier molecular flexibility index (Phi) is 8.76. The zero-order valence-corrected chi connectivity index (χ0v) is 29.3. The molecule has 1 saturated carbocycles. The van der Waals surface area contributed by atoms with Crippen LogP contribution in [0.15, 0.2) is 65.8 Å². The summed E-state index contributed by atoms with van der Waals surface area (Å²) in [7, 11) is -4.15. The molecule has 0 spiro atoms. The molecule has 3 aliphatic rings. The van der Waals surface area contributed by atoms with Gasteiger partial charge in [-0.15, -0.1) is 0 Å². The maximum Gasteiger partial charge on any atom is 0.264 e. The molecule has 2 fully saturated rings. The Labute approximate surface area is 288 Å². The average molecular weight is 682 g/mol. The number of amides is 1. The van der Waals surface area contributed by atoms with Gasteiger partial charge in [-0.05, 0) is 73.8 Å². The van der Waals surface area contributed by atoms with E-state index in [0.717, 1.165) is 67.6 Å². The van der Waals surface area contributed by atoms with Crippen molar-refractivity contribution in [3.8, 4) is 17.1 Å². The number of benzene rings is 2. The van der Waals surface area contributed by atoms with Crippen LogP contribution in [-0.4, -0.2) is 64.9 Å². The largest absolute Gasteiger partial charge is 0.475 e. The minimum absolute atomic E-state index is 0.0647. The first-order chi connectivity index (χ1) is 23.4. The van der Waals surface area contributed by atoms with Crippen molar-refractivity contribution in [3.05, 3.63) is 83.4 Å². The van der Waals surface area contributed by atoms with Gasteiger partial charge in [-0.1, -0.05) is 51.0 Å². The summed E-state index contributed by atoms with van der Waals surface area (Å²) in [4.78, 5) is 36.9. The van der Waals surface area contributed by atoms with Crippen LogP contribution in [0.2, 0.25) is 0 Å². The topological polar surface area (TPSA) is 131 Å². The highest BCUT2D eigenvalue weighted by molar-refractivity contribution is 7.92. The molecule has 4 heterocycles. The molecule has 2 aliphatic heterocycles. The van der Waals surface area contributed by atoms with Gasteiger partial charge in [0.2, 0.25) is 11.8 Å². The number of fused-ring (bicyclic) bond motifs is 4. The molecule has 12 heteroatoms. The van der Waals surface area contributed by atoms with Gasteiger partial charge in [0.25, 0.3) is 15.9 Å². The number of rotatable bonds is 6. The van der Waals surface area contributed by atoms with Crippen LogP contribution in [0.5, 0.6) is 5.88 Å². The van der Waals surface area contributed by atoms with Gasteiger partial charge >= 0.3 is 0 Å². The van der Waals surface area contributed by atoms with Gasteiger partial charge in [-0.3, -0.25) is 4.79 Å². The van der Waals surface area contributed by atoms with E-state index in [1.165, 1.54) is 12.1 Å². The fourth-order valence-corrected chi connectivity index (χ4v) is 7.71. The number of nitrogens with zero attached hydrogens (tertiary/aromatic N) is 6. The summed E-state index contributed by atoms with van der Waals surface area (Å²) in [5.74, 6) is 0.769. The van der Waals surface area contributed by atoms with Crippen molar-refractivity contribution >= 4 is 27.6 Å². The molecule has 4 bridgehead atoms. The monoisotopic (exact) mass is 681 g/mol. The number of hydrogen-bond donors (Lipinski definition) is 1. The van der Waals surface area contributed by atoms with Crippen LogP contribution in [0.3, 0.4) is 0 Å². The lowest BCUT2D eigenvalue weighted by Gasteiger charge is -2.38. The van der Waals surface area contributed by atoms with Gasteiger partial charge in [-0.2, -0.15) is 4.98 Å². The second kappa shape index (κ2) is 13.0. The summed E-state index contributed by atoms with van der Waals surface area (Å²) in [6.07, 6.45) is 8.79. The predicted molar refractivity (Wildman–Crippen MR) is 188 cm³/mol. The summed E-state index contributed by atoms with van der Waals surface area (Å²) < 4.78 is 36.2. The van der Waals surface area contributed by atoms with E-state index < -0.39 is 10.0 Å². The molecule has 49 heavy (non-hydrogen) atoms. The number of aryl methyl sites for hydroxylation is 2. The fraction of sp³-hybridized carbons (Fsp3) is 0.432. The highest BCUT2D eigenvalue weighted by Crippen LogP contribution is 2.37. The summed E-state index contributed by atoms with van der Waals surface area (Å²) in [5.41, 5.74) is 4.95. The molecule has 1 saturated heterocycles. The molecule has 7 rings (SSSR count). The van der Waals surface area contributed by atoms with E-state index >= 15 is 0 Å². The Morgan fingerprint density at radius 2 is 1.65 bits per heavy atom. The molecule has 2 aromatic carbocycles. The second-order valence-electron chi connectivity index (χ2n) is 14.4. The van der Waals surface area contributed by atoms with Crippen LogP contribution in [0.25, 0.3) is 11.3 Å². The average Bonchev–Trinajstić information content (AvgIpc) is 3.89. The molecule has 1 amide bonds. The van der Waals surface area contributed by atoms with Gasteiger partial charge in [0.1, 0.15) is 12.4 Å². The van der Waals surface area contributed by atoms with Crippen LogP contribution in [0.1, 0.15) is 73.3 Å². The Bertz CT molecular complexity index is 1950. The molecule has 4 aromatic rings. The zero-order chi connectivity index (χ0) is 34.3. The van der Waals surface area contributed by atoms with Crippen LogP contribution < -0.4 is 14.4 Å². The summed E-state index contributed by atoms with van der Waals surface area (Å²) in [6, 6.07) is 13.4. The third-order valence-corrected chi connectivity index (χ3v) is 11.3. The highest BCUT2D eigenvalue weighted by Gasteiger charge is 2.34. The van der Waals surface area contributed by atoms with Gasteiger partial charge in [0, 0.05) is 30.3 Å². The Balaban J connectivity index is 1.26. The van der Waals surface area contributed by atoms with E-state index in [1.807, 2.05) is 44.4 Å². The van der Waals surface area contributed by atoms with Crippen molar-refractivity contribution in [1.29, 1.82) is 0 Å². The smallest absolute Gasteiger partial charge is 0.264 e. The zero-order valence-electron chi connectivity index (χ0n) is 28.5. The number of ether oxygens (including phenoxy) is 1. The van der Waals surface area contributed by atoms with Crippen molar-refractivity contribution < 1.29 is 17.9 Å². The first-order valence-corrected chi connectivity index (χ1v) is 18.5. The number of hydrogen-bond acceptors (Lipinski definition) is 9. The fourth-order valence-electron chi connectivity index (χ4n) is 6.72. The molecular weight excluding hydrogens is 639 g/mol. The first-order valence-electron chi connectivity index (χ1n) is 17.0. The SMILES string of the molecule is Cc1cccc(C)c1-c1cc2nc(n1)NS(=O)(=O)c1cccc(c1)C(=O)N(Cc1ncc(N3CCC(C)(C)CC3)cn1)[C@H](CC1CC1)CO2. The van der Waals surface area contributed by atoms with Crippen molar-refractivity contribution in [2.75, 3.05) is 29.3 Å². The lowest BCUT2D eigenvalue weighted by atomic mass is 9.82. The van der Waals surface area contributed by atoms with E-state index in [9.17, 15) is 13.2 Å². The number of piperidine rings is 1. The standard InChI is InChI=1S/C37H43N7O4S/c1-24-7-5-8-25(2)34(24)31-19-33-41-36(40-31)42-49(46,47)30-10-6-9-27(18-30)35(45)44(28(23-48-33)17-26-11-12-26)22-32-38-20-29(21-39-32)43-15-13-37(3,4)14-16-43/h5-10,18-21,26,28H,11-17,22-23H2,1-4H3,(H,40,41,42)/t28-/m1/s1. The number of aromatic nitrogens is 4. The lowest BCUT2D eigenvalue weighted by molar-refractivity contribution is 0.0557. The van der Waals surface area contributed by atoms with Crippen LogP contribution >= 0.6 is 0 Å². The van der Waals surface area contributed by atoms with Crippen molar-refractivity contribution in [2.45, 2.75) is 77.3 Å². The van der Waals surface area contributed by atoms with E-state index in [-0.39, 0.29) is 47.4 Å². The third kappa shape index (κ3) is 7.39. The van der Waals surface area contributed by atoms with Crippen molar-refractivity contribution in [3.63, 3.8) is 0 Å². The van der Waals surface area contributed by atoms with Crippen LogP contribution in [0, 0.1) is 25.2 Å². The quantitative estimate of drug-likeness (QED) is 0.254. The molecule has 1 aliphatic carbocycles. The number of sulfonamides is 1. The molecular formula is C37H43N7O4S. The first kappa shape index (κ1) is 32.9. The number of carbonyl (C=O) groups excluding carboxylic acids is 1. The molecule has 11 nitrogen and oxygen atoms in total. The normalized spacial score (nSPS) is 20.3. The second-order valence-corrected chi connectivity index (χ2v) is 16.1. The third-order valence-electron chi connectivity index (χ3n) is 9.97. The van der Waals surface area contributed by atoms with Crippen molar-refractivity contribution in [2.24, 2.45) is 11.3 Å². The Hall–Kier alpha value is -4.58. The number of nitrogens with one attached hydrogen (secondary N) is 1. The highest BCUT2D eigenvalue weighted by atomic mass is 32.2. The summed E-state index contributed by atoms with van der Waals surface area (Å²) in [5, 5.41) is 0. The molecule has 0 unspecified atom stereocenters. The molecule has 1 atom stereocenters. The van der Waals surface area contributed by atoms with E-state index in [2.05, 4.69) is 33.4 Å². The van der Waals surface area contributed by atoms with Crippen LogP contribution in [-0.2, 0) is 16.6 Å². The lowest BCUT2D eigenvalue weighted by Crippen LogP contribution is -2.44. The molecule has 256 valence electrons. The minimum atomic E-state index is -4.15. The number of anilines is 2. The van der Waals surface area contributed by atoms with E-state index in [1.54, 1.807) is 23.1 Å². The Morgan fingerprint density at radius 1 is 0.959 bits per heavy atom. The number of carbonyl (C=O) groups is 1. The molecule has 1 N–H and O–H groups in total. The molecule has 2 aromatic heterocycles. The Morgan fingerprint density at radius 3 is 2.35 bits per heavy atom. The van der Waals surface area contributed by atoms with Gasteiger partial charge in [0.15, 0.2) is 0 Å². The summed E-state index contributed by atoms with van der Waals surface area (Å²) >= 11 is 0. The maximum atomic E-state index is 14.4. The predicted octanol–water partition coefficient (Wildman–Crippen LogP) is 6.18.